The van der Waals surface area contributed by atoms with Gasteiger partial charge >= 0.3 is 6.03 Å². The third kappa shape index (κ3) is 3.85. The van der Waals surface area contributed by atoms with Crippen LogP contribution in [0.2, 0.25) is 0 Å². The van der Waals surface area contributed by atoms with Crippen molar-refractivity contribution in [3.8, 4) is 0 Å². The first-order valence-corrected chi connectivity index (χ1v) is 9.98. The summed E-state index contributed by atoms with van der Waals surface area (Å²) in [5, 5.41) is 5.77. The second-order valence-electron chi connectivity index (χ2n) is 7.63. The normalized spacial score (nSPS) is 19.1. The number of hydrogen-bond acceptors (Lipinski definition) is 4. The van der Waals surface area contributed by atoms with Crippen molar-refractivity contribution in [3.63, 3.8) is 0 Å². The molecule has 4 rings (SSSR count). The SMILES string of the molecule is O=C(CN1C(=O)NC2(CCCCC2)C1=O)NC(c1ccccc1)c1ccccn1. The second-order valence-corrected chi connectivity index (χ2v) is 7.63. The van der Waals surface area contributed by atoms with Crippen molar-refractivity contribution in [2.45, 2.75) is 43.7 Å². The zero-order valence-corrected chi connectivity index (χ0v) is 16.1. The van der Waals surface area contributed by atoms with E-state index < -0.39 is 23.5 Å². The Morgan fingerprint density at radius 1 is 1.07 bits per heavy atom. The molecule has 0 radical (unpaired) electrons. The van der Waals surface area contributed by atoms with E-state index in [0.717, 1.165) is 29.7 Å². The molecule has 2 N–H and O–H groups in total. The Morgan fingerprint density at radius 2 is 1.79 bits per heavy atom. The van der Waals surface area contributed by atoms with Gasteiger partial charge in [-0.15, -0.1) is 0 Å². The molecule has 2 aromatic rings. The van der Waals surface area contributed by atoms with Crippen LogP contribution in [0.25, 0.3) is 0 Å². The van der Waals surface area contributed by atoms with Gasteiger partial charge in [-0.1, -0.05) is 55.7 Å². The lowest BCUT2D eigenvalue weighted by molar-refractivity contribution is -0.136. The summed E-state index contributed by atoms with van der Waals surface area (Å²) >= 11 is 0. The summed E-state index contributed by atoms with van der Waals surface area (Å²) in [7, 11) is 0. The van der Waals surface area contributed by atoms with Crippen molar-refractivity contribution in [3.05, 3.63) is 66.0 Å². The number of pyridine rings is 1. The molecule has 2 heterocycles. The van der Waals surface area contributed by atoms with E-state index in [9.17, 15) is 14.4 Å². The first kappa shape index (κ1) is 19.1. The van der Waals surface area contributed by atoms with Crippen LogP contribution in [-0.2, 0) is 9.59 Å². The average molecular weight is 392 g/mol. The van der Waals surface area contributed by atoms with Crippen LogP contribution in [0.3, 0.4) is 0 Å². The number of rotatable bonds is 5. The first-order valence-electron chi connectivity index (χ1n) is 9.98. The van der Waals surface area contributed by atoms with E-state index in [1.54, 1.807) is 6.20 Å². The molecule has 2 aliphatic rings. The fourth-order valence-corrected chi connectivity index (χ4v) is 4.18. The molecule has 1 aliphatic carbocycles. The van der Waals surface area contributed by atoms with Gasteiger partial charge in [0.25, 0.3) is 5.91 Å². The summed E-state index contributed by atoms with van der Waals surface area (Å²) in [6, 6.07) is 14.0. The third-order valence-corrected chi connectivity index (χ3v) is 5.68. The number of hydrogen-bond donors (Lipinski definition) is 2. The smallest absolute Gasteiger partial charge is 0.325 e. The highest BCUT2D eigenvalue weighted by molar-refractivity contribution is 6.09. The standard InChI is InChI=1S/C22H24N4O3/c27-18(15-26-20(28)22(25-21(26)29)12-6-2-7-13-22)24-19(16-9-3-1-4-10-16)17-11-5-8-14-23-17/h1,3-5,8-11,14,19H,2,6-7,12-13,15H2,(H,24,27)(H,25,29). The Morgan fingerprint density at radius 3 is 2.48 bits per heavy atom. The van der Waals surface area contributed by atoms with Crippen LogP contribution in [0, 0.1) is 0 Å². The van der Waals surface area contributed by atoms with Gasteiger partial charge in [0, 0.05) is 6.20 Å². The predicted molar refractivity (Wildman–Crippen MR) is 107 cm³/mol. The number of nitrogens with zero attached hydrogens (tertiary/aromatic N) is 2. The van der Waals surface area contributed by atoms with Crippen LogP contribution in [-0.4, -0.2) is 39.8 Å². The maximum absolute atomic E-state index is 12.9. The molecule has 1 unspecified atom stereocenters. The number of nitrogens with one attached hydrogen (secondary N) is 2. The van der Waals surface area contributed by atoms with Crippen molar-refractivity contribution >= 4 is 17.8 Å². The first-order chi connectivity index (χ1) is 14.1. The molecule has 1 atom stereocenters. The summed E-state index contributed by atoms with van der Waals surface area (Å²) in [6.07, 6.45) is 5.81. The maximum Gasteiger partial charge on any atom is 0.325 e. The summed E-state index contributed by atoms with van der Waals surface area (Å²) in [5.41, 5.74) is 0.739. The Kier molecular flexibility index (Phi) is 5.29. The monoisotopic (exact) mass is 392 g/mol. The van der Waals surface area contributed by atoms with Gasteiger partial charge in [0.2, 0.25) is 5.91 Å². The van der Waals surface area contributed by atoms with E-state index in [-0.39, 0.29) is 12.5 Å². The van der Waals surface area contributed by atoms with Gasteiger partial charge in [0.1, 0.15) is 12.1 Å². The van der Waals surface area contributed by atoms with Gasteiger partial charge < -0.3 is 10.6 Å². The number of aromatic nitrogens is 1. The fourth-order valence-electron chi connectivity index (χ4n) is 4.18. The van der Waals surface area contributed by atoms with E-state index >= 15 is 0 Å². The van der Waals surface area contributed by atoms with Gasteiger partial charge in [0.15, 0.2) is 0 Å². The lowest BCUT2D eigenvalue weighted by Gasteiger charge is -2.30. The van der Waals surface area contributed by atoms with Crippen LogP contribution in [0.5, 0.6) is 0 Å². The number of urea groups is 1. The van der Waals surface area contributed by atoms with Crippen LogP contribution < -0.4 is 10.6 Å². The van der Waals surface area contributed by atoms with Crippen molar-refractivity contribution in [1.82, 2.24) is 20.5 Å². The van der Waals surface area contributed by atoms with Crippen molar-refractivity contribution < 1.29 is 14.4 Å². The van der Waals surface area contributed by atoms with Gasteiger partial charge in [0.05, 0.1) is 11.7 Å². The lowest BCUT2D eigenvalue weighted by Crippen LogP contribution is -2.49. The lowest BCUT2D eigenvalue weighted by atomic mass is 9.82. The molecule has 29 heavy (non-hydrogen) atoms. The minimum atomic E-state index is -0.824. The largest absolute Gasteiger partial charge is 0.342 e. The minimum absolute atomic E-state index is 0.286. The van der Waals surface area contributed by atoms with E-state index in [4.69, 9.17) is 0 Å². The van der Waals surface area contributed by atoms with Gasteiger partial charge in [-0.05, 0) is 30.5 Å². The van der Waals surface area contributed by atoms with Gasteiger partial charge in [-0.25, -0.2) is 4.79 Å². The summed E-state index contributed by atoms with van der Waals surface area (Å²) in [5.74, 6) is -0.688. The van der Waals surface area contributed by atoms with E-state index in [1.165, 1.54) is 0 Å². The van der Waals surface area contributed by atoms with Crippen molar-refractivity contribution in [2.24, 2.45) is 0 Å². The fraction of sp³-hybridized carbons (Fsp3) is 0.364. The zero-order chi connectivity index (χ0) is 20.3. The molecule has 1 aromatic carbocycles. The molecule has 1 saturated heterocycles. The molecule has 150 valence electrons. The summed E-state index contributed by atoms with van der Waals surface area (Å²) in [4.78, 5) is 43.5. The molecule has 1 saturated carbocycles. The van der Waals surface area contributed by atoms with E-state index in [0.29, 0.717) is 18.5 Å². The van der Waals surface area contributed by atoms with E-state index in [1.807, 2.05) is 48.5 Å². The summed E-state index contributed by atoms with van der Waals surface area (Å²) in [6.45, 7) is -0.303. The molecule has 7 nitrogen and oxygen atoms in total. The summed E-state index contributed by atoms with van der Waals surface area (Å²) < 4.78 is 0. The Hall–Kier alpha value is -3.22. The van der Waals surface area contributed by atoms with E-state index in [2.05, 4.69) is 15.6 Å². The Labute approximate surface area is 169 Å². The molecule has 2 fully saturated rings. The minimum Gasteiger partial charge on any atom is -0.342 e. The Bertz CT molecular complexity index is 855. The highest BCUT2D eigenvalue weighted by atomic mass is 16.2. The topological polar surface area (TPSA) is 91.4 Å². The average Bonchev–Trinajstić information content (AvgIpc) is 2.97. The zero-order valence-electron chi connectivity index (χ0n) is 16.1. The number of imide groups is 1. The van der Waals surface area contributed by atoms with Crippen LogP contribution in [0.1, 0.15) is 49.4 Å². The van der Waals surface area contributed by atoms with Gasteiger partial charge in [-0.3, -0.25) is 19.5 Å². The number of carbonyl (C=O) groups is 3. The Balaban J connectivity index is 1.50. The van der Waals surface area contributed by atoms with Crippen LogP contribution in [0.4, 0.5) is 4.79 Å². The molecule has 7 heteroatoms. The maximum atomic E-state index is 12.9. The van der Waals surface area contributed by atoms with Crippen molar-refractivity contribution in [1.29, 1.82) is 0 Å². The molecule has 0 bridgehead atoms. The highest BCUT2D eigenvalue weighted by Gasteiger charge is 2.51. The highest BCUT2D eigenvalue weighted by Crippen LogP contribution is 2.33. The predicted octanol–water partition coefficient (Wildman–Crippen LogP) is 2.54. The van der Waals surface area contributed by atoms with Crippen molar-refractivity contribution in [2.75, 3.05) is 6.54 Å². The van der Waals surface area contributed by atoms with Crippen LogP contribution >= 0.6 is 0 Å². The molecule has 4 amide bonds. The molecule has 1 spiro atoms. The number of carbonyl (C=O) groups excluding carboxylic acids is 3. The number of benzene rings is 1. The van der Waals surface area contributed by atoms with Crippen LogP contribution in [0.15, 0.2) is 54.7 Å². The molecule has 1 aliphatic heterocycles. The molecular weight excluding hydrogens is 368 g/mol. The quantitative estimate of drug-likeness (QED) is 0.765. The second kappa shape index (κ2) is 8.03. The van der Waals surface area contributed by atoms with Gasteiger partial charge in [-0.2, -0.15) is 0 Å². The molecule has 1 aromatic heterocycles. The number of amides is 4. The molecular formula is C22H24N4O3. The third-order valence-electron chi connectivity index (χ3n) is 5.68.